The summed E-state index contributed by atoms with van der Waals surface area (Å²) in [5.74, 6) is -3.54. The van der Waals surface area contributed by atoms with Crippen LogP contribution in [0.1, 0.15) is 6.42 Å². The molecule has 0 fully saturated rings. The largest absolute Gasteiger partial charge is 0.550 e. The van der Waals surface area contributed by atoms with Crippen LogP contribution in [0.4, 0.5) is 0 Å². The Hall–Kier alpha value is -1.67. The molecular formula is C9H18N2O6. The fourth-order valence-corrected chi connectivity index (χ4v) is 0.673. The molecule has 0 saturated heterocycles. The van der Waals surface area contributed by atoms with Gasteiger partial charge in [-0.1, -0.05) is 0 Å². The number of nitrogens with two attached hydrogens (primary N) is 1. The summed E-state index contributed by atoms with van der Waals surface area (Å²) in [4.78, 5) is 29.5. The maximum atomic E-state index is 10.00. The van der Waals surface area contributed by atoms with Crippen LogP contribution in [0, 0.1) is 0 Å². The average molecular weight is 250 g/mol. The Balaban J connectivity index is 0. The standard InChI is InChI=1S/C5H11NO2.C4H7NO4/c1-6(2,3)4-5(7)8;5-2(4(8)9)1-3(6)7/h4H2,1-3H3;2H,1,5H2,(H,6,7)(H,8,9)/t;2-/m.0/s1. The number of carboxylic acid groups (broad SMARTS) is 3. The second-order valence-corrected chi connectivity index (χ2v) is 4.36. The third-order valence-corrected chi connectivity index (χ3v) is 1.31. The highest BCUT2D eigenvalue weighted by atomic mass is 16.4. The SMILES string of the molecule is C[N+](C)(C)CC(=O)O.N[C@@H](CC(=O)[O-])C(=O)O. The molecule has 4 N–H and O–H groups in total. The highest BCUT2D eigenvalue weighted by molar-refractivity contribution is 5.79. The number of carbonyl (C=O) groups is 3. The fraction of sp³-hybridized carbons (Fsp3) is 0.667. The first-order valence-corrected chi connectivity index (χ1v) is 4.66. The Bertz CT molecular complexity index is 284. The third-order valence-electron chi connectivity index (χ3n) is 1.31. The van der Waals surface area contributed by atoms with Crippen molar-refractivity contribution in [1.29, 1.82) is 0 Å². The molecule has 8 heteroatoms. The Morgan fingerprint density at radius 2 is 1.65 bits per heavy atom. The average Bonchev–Trinajstić information content (AvgIpc) is 1.98. The maximum Gasteiger partial charge on any atom is 0.359 e. The lowest BCUT2D eigenvalue weighted by atomic mass is 10.2. The molecule has 17 heavy (non-hydrogen) atoms. The lowest BCUT2D eigenvalue weighted by Crippen LogP contribution is -2.39. The van der Waals surface area contributed by atoms with Gasteiger partial charge in [-0.3, -0.25) is 4.79 Å². The van der Waals surface area contributed by atoms with Crippen molar-refractivity contribution in [1.82, 2.24) is 0 Å². The first-order chi connectivity index (χ1) is 7.45. The van der Waals surface area contributed by atoms with E-state index in [1.165, 1.54) is 0 Å². The smallest absolute Gasteiger partial charge is 0.359 e. The second kappa shape index (κ2) is 7.58. The van der Waals surface area contributed by atoms with Gasteiger partial charge < -0.3 is 30.3 Å². The van der Waals surface area contributed by atoms with E-state index < -0.39 is 30.4 Å². The van der Waals surface area contributed by atoms with E-state index in [1.54, 1.807) is 0 Å². The van der Waals surface area contributed by atoms with Gasteiger partial charge in [0.25, 0.3) is 0 Å². The molecule has 0 heterocycles. The number of nitrogens with zero attached hydrogens (tertiary/aromatic N) is 1. The van der Waals surface area contributed by atoms with Crippen LogP contribution in [0.5, 0.6) is 0 Å². The molecule has 8 nitrogen and oxygen atoms in total. The highest BCUT2D eigenvalue weighted by Gasteiger charge is 2.11. The number of quaternary nitrogens is 1. The normalized spacial score (nSPS) is 12.0. The van der Waals surface area contributed by atoms with E-state index >= 15 is 0 Å². The molecule has 0 aromatic carbocycles. The molecule has 0 aliphatic heterocycles. The van der Waals surface area contributed by atoms with Crippen LogP contribution in [0.25, 0.3) is 0 Å². The van der Waals surface area contributed by atoms with E-state index in [2.05, 4.69) is 0 Å². The van der Waals surface area contributed by atoms with Gasteiger partial charge in [0.05, 0.1) is 21.1 Å². The topological polar surface area (TPSA) is 141 Å². The van der Waals surface area contributed by atoms with Gasteiger partial charge >= 0.3 is 11.9 Å². The molecule has 0 bridgehead atoms. The molecule has 1 atom stereocenters. The molecule has 0 aliphatic carbocycles. The van der Waals surface area contributed by atoms with E-state index in [0.29, 0.717) is 4.48 Å². The number of likely N-dealkylation sites (N-methyl/N-ethyl adjacent to an activating group) is 1. The zero-order chi connectivity index (χ0) is 14.2. The van der Waals surface area contributed by atoms with Crippen LogP contribution in [-0.4, -0.2) is 66.3 Å². The van der Waals surface area contributed by atoms with E-state index in [9.17, 15) is 19.5 Å². The van der Waals surface area contributed by atoms with Crippen molar-refractivity contribution in [2.45, 2.75) is 12.5 Å². The summed E-state index contributed by atoms with van der Waals surface area (Å²) in [6.45, 7) is 0.181. The summed E-state index contributed by atoms with van der Waals surface area (Å²) in [5, 5.41) is 25.9. The van der Waals surface area contributed by atoms with E-state index in [1.807, 2.05) is 21.1 Å². The van der Waals surface area contributed by atoms with Crippen molar-refractivity contribution >= 4 is 17.9 Å². The summed E-state index contributed by atoms with van der Waals surface area (Å²) < 4.78 is 0.481. The quantitative estimate of drug-likeness (QED) is 0.451. The molecule has 0 unspecified atom stereocenters. The Kier molecular flexibility index (Phi) is 7.90. The number of hydrogen-bond acceptors (Lipinski definition) is 5. The predicted octanol–water partition coefficient (Wildman–Crippen LogP) is -2.68. The number of carbonyl (C=O) groups excluding carboxylic acids is 1. The molecule has 0 aromatic rings. The van der Waals surface area contributed by atoms with Crippen LogP contribution in [0.15, 0.2) is 0 Å². The van der Waals surface area contributed by atoms with Gasteiger partial charge in [-0.15, -0.1) is 0 Å². The Morgan fingerprint density at radius 3 is 1.71 bits per heavy atom. The first-order valence-electron chi connectivity index (χ1n) is 4.66. The minimum absolute atomic E-state index is 0.181. The van der Waals surface area contributed by atoms with Crippen molar-refractivity contribution in [2.24, 2.45) is 5.73 Å². The van der Waals surface area contributed by atoms with Gasteiger partial charge in [-0.25, -0.2) is 4.79 Å². The van der Waals surface area contributed by atoms with Crippen LogP contribution < -0.4 is 10.8 Å². The van der Waals surface area contributed by atoms with Gasteiger partial charge in [0.15, 0.2) is 6.54 Å². The second-order valence-electron chi connectivity index (χ2n) is 4.36. The zero-order valence-corrected chi connectivity index (χ0v) is 10.0. The highest BCUT2D eigenvalue weighted by Crippen LogP contribution is 1.86. The van der Waals surface area contributed by atoms with Gasteiger partial charge in [-0.05, 0) is 0 Å². The summed E-state index contributed by atoms with van der Waals surface area (Å²) in [6, 6.07) is -1.35. The molecule has 0 rings (SSSR count). The molecule has 0 amide bonds. The van der Waals surface area contributed by atoms with Gasteiger partial charge in [0.2, 0.25) is 0 Å². The number of carboxylic acids is 3. The minimum atomic E-state index is -1.45. The van der Waals surface area contributed by atoms with Crippen molar-refractivity contribution in [2.75, 3.05) is 27.7 Å². The van der Waals surface area contributed by atoms with Crippen molar-refractivity contribution in [3.63, 3.8) is 0 Å². The van der Waals surface area contributed by atoms with Crippen LogP contribution >= 0.6 is 0 Å². The lowest BCUT2D eigenvalue weighted by Gasteiger charge is -2.20. The molecule has 0 aromatic heterocycles. The number of rotatable bonds is 5. The van der Waals surface area contributed by atoms with Crippen LogP contribution in [0.2, 0.25) is 0 Å². The van der Waals surface area contributed by atoms with Crippen LogP contribution in [0.3, 0.4) is 0 Å². The van der Waals surface area contributed by atoms with Gasteiger partial charge in [-0.2, -0.15) is 0 Å². The number of hydrogen-bond donors (Lipinski definition) is 3. The maximum absolute atomic E-state index is 10.00. The minimum Gasteiger partial charge on any atom is -0.550 e. The summed E-state index contributed by atoms with van der Waals surface area (Å²) in [6.07, 6.45) is -0.644. The van der Waals surface area contributed by atoms with Crippen molar-refractivity contribution in [3.05, 3.63) is 0 Å². The van der Waals surface area contributed by atoms with Gasteiger partial charge in [0.1, 0.15) is 6.04 Å². The third kappa shape index (κ3) is 17.0. The van der Waals surface area contributed by atoms with E-state index in [-0.39, 0.29) is 6.54 Å². The van der Waals surface area contributed by atoms with E-state index in [0.717, 1.165) is 0 Å². The summed E-state index contributed by atoms with van der Waals surface area (Å²) in [7, 11) is 5.52. The van der Waals surface area contributed by atoms with Crippen LogP contribution in [-0.2, 0) is 14.4 Å². The Labute approximate surface area is 98.8 Å². The molecule has 0 spiro atoms. The first kappa shape index (κ1) is 17.7. The molecular weight excluding hydrogens is 232 g/mol. The molecule has 0 radical (unpaired) electrons. The molecule has 0 saturated carbocycles. The molecule has 0 aliphatic rings. The summed E-state index contributed by atoms with van der Waals surface area (Å²) >= 11 is 0. The van der Waals surface area contributed by atoms with E-state index in [4.69, 9.17) is 15.9 Å². The fourth-order valence-electron chi connectivity index (χ4n) is 0.673. The lowest BCUT2D eigenvalue weighted by molar-refractivity contribution is -0.862. The molecule has 100 valence electrons. The zero-order valence-electron chi connectivity index (χ0n) is 10.0. The van der Waals surface area contributed by atoms with Crippen molar-refractivity contribution in [3.8, 4) is 0 Å². The van der Waals surface area contributed by atoms with Gasteiger partial charge in [0, 0.05) is 12.4 Å². The number of aliphatic carboxylic acids is 3. The van der Waals surface area contributed by atoms with Crippen molar-refractivity contribution < 1.29 is 34.2 Å². The monoisotopic (exact) mass is 250 g/mol. The summed E-state index contributed by atoms with van der Waals surface area (Å²) in [5.41, 5.74) is 4.80. The predicted molar refractivity (Wildman–Crippen MR) is 55.8 cm³/mol. The Morgan fingerprint density at radius 1 is 1.24 bits per heavy atom.